The molecule has 2 heterocycles. The van der Waals surface area contributed by atoms with E-state index in [2.05, 4.69) is 28.2 Å². The minimum atomic E-state index is -0.627. The highest BCUT2D eigenvalue weighted by Crippen LogP contribution is 2.24. The Labute approximate surface area is 149 Å². The van der Waals surface area contributed by atoms with E-state index in [4.69, 9.17) is 14.9 Å². The smallest absolute Gasteiger partial charge is 0.413 e. The first-order valence-electron chi connectivity index (χ1n) is 7.73. The Kier molecular flexibility index (Phi) is 4.85. The van der Waals surface area contributed by atoms with E-state index in [1.54, 1.807) is 43.5 Å². The number of fused-ring (bicyclic) bond motifs is 1. The molecule has 0 aliphatic rings. The molecule has 0 bridgehead atoms. The fraction of sp³-hybridized carbons (Fsp3) is 0.105. The average Bonchev–Trinajstić information content (AvgIpc) is 3.03. The molecule has 0 spiro atoms. The third-order valence-corrected chi connectivity index (χ3v) is 3.34. The van der Waals surface area contributed by atoms with E-state index in [-0.39, 0.29) is 12.5 Å². The van der Waals surface area contributed by atoms with Crippen LogP contribution in [0.5, 0.6) is 0 Å². The van der Waals surface area contributed by atoms with E-state index in [1.807, 2.05) is 0 Å². The summed E-state index contributed by atoms with van der Waals surface area (Å²) in [7, 11) is 0. The molecule has 0 unspecified atom stereocenters. The number of nitrogens with two attached hydrogens (primary N) is 1. The Morgan fingerprint density at radius 3 is 2.73 bits per heavy atom. The van der Waals surface area contributed by atoms with Crippen LogP contribution in [0.3, 0.4) is 0 Å². The predicted molar refractivity (Wildman–Crippen MR) is 94.4 cm³/mol. The molecule has 129 valence electrons. The molecule has 3 aromatic rings. The molecule has 26 heavy (non-hydrogen) atoms. The normalized spacial score (nSPS) is 10.0. The molecule has 3 rings (SSSR count). The first-order chi connectivity index (χ1) is 12.6. The molecule has 0 aliphatic heterocycles. The fourth-order valence-electron chi connectivity index (χ4n) is 2.15. The Morgan fingerprint density at radius 1 is 1.27 bits per heavy atom. The largest absolute Gasteiger partial charge is 0.450 e. The van der Waals surface area contributed by atoms with Crippen molar-refractivity contribution in [3.63, 3.8) is 0 Å². The summed E-state index contributed by atoms with van der Waals surface area (Å²) in [5.74, 6) is 5.48. The summed E-state index contributed by atoms with van der Waals surface area (Å²) in [5.41, 5.74) is 7.11. The van der Waals surface area contributed by atoms with Crippen LogP contribution in [0.1, 0.15) is 28.5 Å². The monoisotopic (exact) mass is 348 g/mol. The molecule has 0 saturated carbocycles. The van der Waals surface area contributed by atoms with Gasteiger partial charge in [0, 0.05) is 22.7 Å². The van der Waals surface area contributed by atoms with Gasteiger partial charge in [-0.25, -0.2) is 9.78 Å². The van der Waals surface area contributed by atoms with Gasteiger partial charge in [0.1, 0.15) is 0 Å². The summed E-state index contributed by atoms with van der Waals surface area (Å²) < 4.78 is 10.4. The van der Waals surface area contributed by atoms with Gasteiger partial charge in [0.2, 0.25) is 11.8 Å². The maximum absolute atomic E-state index is 11.5. The van der Waals surface area contributed by atoms with Crippen molar-refractivity contribution in [2.24, 2.45) is 5.73 Å². The van der Waals surface area contributed by atoms with E-state index in [9.17, 15) is 9.59 Å². The Hall–Kier alpha value is -3.79. The van der Waals surface area contributed by atoms with E-state index < -0.39 is 12.0 Å². The van der Waals surface area contributed by atoms with Crippen molar-refractivity contribution in [1.29, 1.82) is 0 Å². The van der Waals surface area contributed by atoms with Gasteiger partial charge in [-0.3, -0.25) is 10.1 Å². The van der Waals surface area contributed by atoms with Crippen LogP contribution in [0, 0.1) is 17.9 Å². The Bertz CT molecular complexity index is 1030. The van der Waals surface area contributed by atoms with Crippen LogP contribution in [0.2, 0.25) is 0 Å². The van der Waals surface area contributed by atoms with Crippen molar-refractivity contribution in [1.82, 2.24) is 4.98 Å². The Balaban J connectivity index is 1.87. The minimum Gasteiger partial charge on any atom is -0.450 e. The number of benzene rings is 1. The van der Waals surface area contributed by atoms with Crippen molar-refractivity contribution in [3.8, 4) is 11.8 Å². The van der Waals surface area contributed by atoms with Crippen LogP contribution < -0.4 is 11.1 Å². The second-order valence-electron chi connectivity index (χ2n) is 5.13. The van der Waals surface area contributed by atoms with Crippen molar-refractivity contribution in [3.05, 3.63) is 59.4 Å². The number of furan rings is 1. The summed E-state index contributed by atoms with van der Waals surface area (Å²) in [5, 5.41) is 3.07. The van der Waals surface area contributed by atoms with Crippen molar-refractivity contribution >= 4 is 28.9 Å². The first kappa shape index (κ1) is 17.0. The molecule has 0 atom stereocenters. The molecule has 1 radical (unpaired) electrons. The van der Waals surface area contributed by atoms with Gasteiger partial charge in [0.05, 0.1) is 12.7 Å². The summed E-state index contributed by atoms with van der Waals surface area (Å²) in [6.45, 7) is 1.95. The summed E-state index contributed by atoms with van der Waals surface area (Å²) in [6, 6.07) is 11.2. The maximum Gasteiger partial charge on any atom is 0.413 e. The lowest BCUT2D eigenvalue weighted by Gasteiger charge is -2.00. The predicted octanol–water partition coefficient (Wildman–Crippen LogP) is 2.70. The molecule has 7 nitrogen and oxygen atoms in total. The zero-order valence-corrected chi connectivity index (χ0v) is 13.8. The first-order valence-corrected chi connectivity index (χ1v) is 7.73. The third kappa shape index (κ3) is 3.82. The van der Waals surface area contributed by atoms with Gasteiger partial charge in [-0.1, -0.05) is 5.92 Å². The van der Waals surface area contributed by atoms with E-state index in [0.717, 1.165) is 0 Å². The molecular formula is C19H14N3O4. The molecule has 2 amide bonds. The number of aromatic nitrogens is 1. The highest BCUT2D eigenvalue weighted by molar-refractivity contribution is 5.93. The zero-order valence-electron chi connectivity index (χ0n) is 13.8. The molecule has 0 aliphatic carbocycles. The number of primary amides is 1. The molecule has 7 heteroatoms. The van der Waals surface area contributed by atoms with Gasteiger partial charge >= 0.3 is 6.09 Å². The average molecular weight is 348 g/mol. The van der Waals surface area contributed by atoms with Gasteiger partial charge < -0.3 is 14.9 Å². The molecule has 0 saturated heterocycles. The highest BCUT2D eigenvalue weighted by atomic mass is 16.5. The molecule has 3 N–H and O–H groups in total. The number of hydrogen-bond donors (Lipinski definition) is 2. The number of amides is 2. The van der Waals surface area contributed by atoms with E-state index in [1.165, 1.54) is 0 Å². The maximum atomic E-state index is 11.5. The number of carbonyl (C=O) groups is 2. The van der Waals surface area contributed by atoms with Crippen molar-refractivity contribution in [2.75, 3.05) is 11.9 Å². The van der Waals surface area contributed by atoms with Crippen LogP contribution in [0.15, 0.2) is 40.9 Å². The number of rotatable bonds is 3. The summed E-state index contributed by atoms with van der Waals surface area (Å²) >= 11 is 0. The van der Waals surface area contributed by atoms with Crippen molar-refractivity contribution < 1.29 is 18.7 Å². The van der Waals surface area contributed by atoms with Crippen LogP contribution in [-0.2, 0) is 4.74 Å². The lowest BCUT2D eigenvalue weighted by molar-refractivity contribution is 0.1000. The van der Waals surface area contributed by atoms with Crippen molar-refractivity contribution in [2.45, 2.75) is 6.92 Å². The SMILES string of the molecule is CCOC(=O)Nc1[c]c2ccnc(C#Cc3ccc(C(N)=O)cc3)c2o1. The van der Waals surface area contributed by atoms with E-state index >= 15 is 0 Å². The molecule has 1 aromatic carbocycles. The fourth-order valence-corrected chi connectivity index (χ4v) is 2.15. The summed E-state index contributed by atoms with van der Waals surface area (Å²) in [6.07, 6.45) is 0.945. The lowest BCUT2D eigenvalue weighted by atomic mass is 10.1. The van der Waals surface area contributed by atoms with Crippen LogP contribution in [0.4, 0.5) is 10.7 Å². The van der Waals surface area contributed by atoms with Crippen LogP contribution in [0.25, 0.3) is 11.0 Å². The molecular weight excluding hydrogens is 334 g/mol. The number of anilines is 1. The quantitative estimate of drug-likeness (QED) is 0.708. The van der Waals surface area contributed by atoms with Gasteiger partial charge in [-0.05, 0) is 43.2 Å². The standard InChI is InChI=1S/C19H14N3O4/c1-2-25-19(24)22-16-11-14-9-10-21-15(17(14)26-16)8-5-12-3-6-13(7-4-12)18(20)23/h3-4,6-7,9-10H,2H2,1H3,(H2,20,23)(H,22,24). The van der Waals surface area contributed by atoms with Gasteiger partial charge in [-0.2, -0.15) is 0 Å². The van der Waals surface area contributed by atoms with Gasteiger partial charge in [0.25, 0.3) is 0 Å². The molecule has 2 aromatic heterocycles. The second-order valence-corrected chi connectivity index (χ2v) is 5.13. The Morgan fingerprint density at radius 2 is 2.04 bits per heavy atom. The zero-order chi connectivity index (χ0) is 18.5. The lowest BCUT2D eigenvalue weighted by Crippen LogP contribution is -2.12. The van der Waals surface area contributed by atoms with Crippen LogP contribution >= 0.6 is 0 Å². The summed E-state index contributed by atoms with van der Waals surface area (Å²) in [4.78, 5) is 26.7. The number of pyridine rings is 1. The van der Waals surface area contributed by atoms with Gasteiger partial charge in [-0.15, -0.1) is 0 Å². The topological polar surface area (TPSA) is 107 Å². The number of nitrogens with zero attached hydrogens (tertiary/aromatic N) is 1. The number of nitrogens with one attached hydrogen (secondary N) is 1. The van der Waals surface area contributed by atoms with Gasteiger partial charge in [0.15, 0.2) is 11.3 Å². The number of hydrogen-bond acceptors (Lipinski definition) is 5. The third-order valence-electron chi connectivity index (χ3n) is 3.34. The highest BCUT2D eigenvalue weighted by Gasteiger charge is 2.11. The van der Waals surface area contributed by atoms with Crippen LogP contribution in [-0.4, -0.2) is 23.6 Å². The second kappa shape index (κ2) is 7.40. The number of carbonyl (C=O) groups excluding carboxylic acids is 2. The minimum absolute atomic E-state index is 0.125. The number of ether oxygens (including phenoxy) is 1. The molecule has 0 fully saturated rings. The van der Waals surface area contributed by atoms with E-state index in [0.29, 0.717) is 27.8 Å².